The number of hydrogen-bond acceptors (Lipinski definition) is 2. The first-order chi connectivity index (χ1) is 9.73. The van der Waals surface area contributed by atoms with Crippen LogP contribution in [-0.2, 0) is 0 Å². The Morgan fingerprint density at radius 2 is 1.95 bits per heavy atom. The Morgan fingerprint density at radius 3 is 2.48 bits per heavy atom. The maximum absolute atomic E-state index is 6.37. The van der Waals surface area contributed by atoms with Gasteiger partial charge in [0.1, 0.15) is 5.75 Å². The van der Waals surface area contributed by atoms with E-state index in [4.69, 9.17) is 10.5 Å². The van der Waals surface area contributed by atoms with Crippen LogP contribution in [0.15, 0.2) is 22.7 Å². The summed E-state index contributed by atoms with van der Waals surface area (Å²) in [4.78, 5) is 0. The number of halogens is 1. The molecule has 2 nitrogen and oxygen atoms in total. The molecular weight excluding hydrogens is 326 g/mol. The lowest BCUT2D eigenvalue weighted by Gasteiger charge is -2.25. The third kappa shape index (κ3) is 6.84. The Labute approximate surface area is 138 Å². The van der Waals surface area contributed by atoms with E-state index in [-0.39, 0.29) is 6.04 Å². The van der Waals surface area contributed by atoms with Gasteiger partial charge < -0.3 is 10.5 Å². The predicted molar refractivity (Wildman–Crippen MR) is 94.7 cm³/mol. The van der Waals surface area contributed by atoms with E-state index < -0.39 is 0 Å². The molecule has 0 saturated heterocycles. The minimum absolute atomic E-state index is 0.0823. The van der Waals surface area contributed by atoms with Gasteiger partial charge in [0.05, 0.1) is 11.1 Å². The Morgan fingerprint density at radius 1 is 1.29 bits per heavy atom. The number of hydrogen-bond donors (Lipinski definition) is 1. The summed E-state index contributed by atoms with van der Waals surface area (Å²) >= 11 is 3.58. The molecule has 2 N–H and O–H groups in total. The third-order valence-electron chi connectivity index (χ3n) is 3.46. The van der Waals surface area contributed by atoms with Gasteiger partial charge in [-0.2, -0.15) is 0 Å². The molecule has 0 aliphatic heterocycles. The van der Waals surface area contributed by atoms with E-state index >= 15 is 0 Å². The molecule has 0 aromatic heterocycles. The molecule has 0 amide bonds. The highest BCUT2D eigenvalue weighted by molar-refractivity contribution is 9.10. The Hall–Kier alpha value is -0.540. The summed E-state index contributed by atoms with van der Waals surface area (Å²) in [7, 11) is 0. The predicted octanol–water partition coefficient (Wildman–Crippen LogP) is 5.70. The maximum Gasteiger partial charge on any atom is 0.133 e. The molecule has 0 aliphatic rings. The van der Waals surface area contributed by atoms with Crippen LogP contribution < -0.4 is 10.5 Å². The zero-order valence-electron chi connectivity index (χ0n) is 14.1. The van der Waals surface area contributed by atoms with Crippen molar-refractivity contribution in [3.63, 3.8) is 0 Å². The first kappa shape index (κ1) is 18.5. The van der Waals surface area contributed by atoms with Gasteiger partial charge in [0, 0.05) is 6.04 Å². The monoisotopic (exact) mass is 355 g/mol. The van der Waals surface area contributed by atoms with Crippen molar-refractivity contribution in [1.29, 1.82) is 0 Å². The molecule has 0 heterocycles. The van der Waals surface area contributed by atoms with Crippen molar-refractivity contribution >= 4 is 15.9 Å². The molecule has 21 heavy (non-hydrogen) atoms. The van der Waals surface area contributed by atoms with E-state index in [0.29, 0.717) is 11.3 Å². The van der Waals surface area contributed by atoms with Crippen molar-refractivity contribution in [2.45, 2.75) is 59.9 Å². The van der Waals surface area contributed by atoms with Gasteiger partial charge in [0.15, 0.2) is 0 Å². The van der Waals surface area contributed by atoms with Crippen LogP contribution in [-0.4, -0.2) is 6.61 Å². The molecule has 1 aromatic rings. The normalized spacial score (nSPS) is 14.8. The minimum Gasteiger partial charge on any atom is -0.492 e. The largest absolute Gasteiger partial charge is 0.492 e. The minimum atomic E-state index is 0.0823. The van der Waals surface area contributed by atoms with Crippen LogP contribution in [0.2, 0.25) is 0 Å². The fraction of sp³-hybridized carbons (Fsp3) is 0.667. The second-order valence-electron chi connectivity index (χ2n) is 7.25. The topological polar surface area (TPSA) is 35.2 Å². The number of benzene rings is 1. The molecule has 1 rings (SSSR count). The second-order valence-corrected chi connectivity index (χ2v) is 8.10. The first-order valence-electron chi connectivity index (χ1n) is 7.90. The maximum atomic E-state index is 6.37. The molecule has 2 unspecified atom stereocenters. The molecule has 0 spiro atoms. The zero-order chi connectivity index (χ0) is 16.0. The summed E-state index contributed by atoms with van der Waals surface area (Å²) in [6.07, 6.45) is 3.22. The van der Waals surface area contributed by atoms with Crippen LogP contribution >= 0.6 is 15.9 Å². The van der Waals surface area contributed by atoms with Gasteiger partial charge in [-0.3, -0.25) is 0 Å². The van der Waals surface area contributed by atoms with Crippen molar-refractivity contribution in [3.05, 3.63) is 28.2 Å². The van der Waals surface area contributed by atoms with Gasteiger partial charge >= 0.3 is 0 Å². The fourth-order valence-corrected chi connectivity index (χ4v) is 3.29. The molecule has 0 bridgehead atoms. The molecule has 0 fully saturated rings. The summed E-state index contributed by atoms with van der Waals surface area (Å²) in [5, 5.41) is 0. The van der Waals surface area contributed by atoms with Gasteiger partial charge in [0.2, 0.25) is 0 Å². The zero-order valence-corrected chi connectivity index (χ0v) is 15.7. The SMILES string of the molecule is CCCOc1ccc(C(N)CC(C)CC(C)(C)C)cc1Br. The van der Waals surface area contributed by atoms with Gasteiger partial charge in [-0.1, -0.05) is 40.7 Å². The van der Waals surface area contributed by atoms with Crippen molar-refractivity contribution in [2.24, 2.45) is 17.1 Å². The van der Waals surface area contributed by atoms with Crippen LogP contribution in [0.5, 0.6) is 5.75 Å². The average Bonchev–Trinajstić information content (AvgIpc) is 2.34. The van der Waals surface area contributed by atoms with Crippen LogP contribution in [0.1, 0.15) is 65.5 Å². The van der Waals surface area contributed by atoms with Gasteiger partial charge in [-0.15, -0.1) is 0 Å². The van der Waals surface area contributed by atoms with Crippen LogP contribution in [0.25, 0.3) is 0 Å². The third-order valence-corrected chi connectivity index (χ3v) is 4.08. The van der Waals surface area contributed by atoms with Gasteiger partial charge in [0.25, 0.3) is 0 Å². The number of ether oxygens (including phenoxy) is 1. The smallest absolute Gasteiger partial charge is 0.133 e. The molecule has 120 valence electrons. The summed E-state index contributed by atoms with van der Waals surface area (Å²) < 4.78 is 6.67. The fourth-order valence-electron chi connectivity index (χ4n) is 2.78. The van der Waals surface area contributed by atoms with Crippen molar-refractivity contribution in [3.8, 4) is 5.75 Å². The summed E-state index contributed by atoms with van der Waals surface area (Å²) in [5.74, 6) is 1.52. The molecule has 2 atom stereocenters. The Balaban J connectivity index is 2.66. The highest BCUT2D eigenvalue weighted by atomic mass is 79.9. The van der Waals surface area contributed by atoms with Crippen LogP contribution in [0.3, 0.4) is 0 Å². The van der Waals surface area contributed by atoms with E-state index in [0.717, 1.165) is 29.7 Å². The van der Waals surface area contributed by atoms with E-state index in [1.807, 2.05) is 6.07 Å². The van der Waals surface area contributed by atoms with Crippen molar-refractivity contribution in [1.82, 2.24) is 0 Å². The van der Waals surface area contributed by atoms with E-state index in [2.05, 4.69) is 62.7 Å². The molecule has 0 radical (unpaired) electrons. The van der Waals surface area contributed by atoms with E-state index in [9.17, 15) is 0 Å². The van der Waals surface area contributed by atoms with Gasteiger partial charge in [-0.05, 0) is 64.2 Å². The summed E-state index contributed by atoms with van der Waals surface area (Å²) in [5.41, 5.74) is 7.90. The summed E-state index contributed by atoms with van der Waals surface area (Å²) in [6.45, 7) is 12.0. The van der Waals surface area contributed by atoms with Gasteiger partial charge in [-0.25, -0.2) is 0 Å². The first-order valence-corrected chi connectivity index (χ1v) is 8.70. The lowest BCUT2D eigenvalue weighted by molar-refractivity contribution is 0.286. The lowest BCUT2D eigenvalue weighted by Crippen LogP contribution is -2.18. The Bertz CT molecular complexity index is 439. The summed E-state index contributed by atoms with van der Waals surface area (Å²) in [6, 6.07) is 6.28. The average molecular weight is 356 g/mol. The molecule has 0 aliphatic carbocycles. The molecular formula is C18H30BrNO. The lowest BCUT2D eigenvalue weighted by atomic mass is 9.82. The highest BCUT2D eigenvalue weighted by Gasteiger charge is 2.18. The second kappa shape index (κ2) is 8.19. The standard InChI is InChI=1S/C18H30BrNO/c1-6-9-21-17-8-7-14(11-15(17)19)16(20)10-13(2)12-18(3,4)5/h7-8,11,13,16H,6,9-10,12,20H2,1-5H3. The van der Waals surface area contributed by atoms with E-state index in [1.54, 1.807) is 0 Å². The highest BCUT2D eigenvalue weighted by Crippen LogP contribution is 2.32. The van der Waals surface area contributed by atoms with Crippen LogP contribution in [0, 0.1) is 11.3 Å². The molecule has 1 aromatic carbocycles. The molecule has 3 heteroatoms. The number of nitrogens with two attached hydrogens (primary N) is 1. The number of rotatable bonds is 7. The van der Waals surface area contributed by atoms with Crippen molar-refractivity contribution < 1.29 is 4.74 Å². The quantitative estimate of drug-likeness (QED) is 0.680. The molecule has 0 saturated carbocycles. The Kier molecular flexibility index (Phi) is 7.22. The van der Waals surface area contributed by atoms with Crippen molar-refractivity contribution in [2.75, 3.05) is 6.61 Å². The van der Waals surface area contributed by atoms with Crippen LogP contribution in [0.4, 0.5) is 0 Å². The van der Waals surface area contributed by atoms with E-state index in [1.165, 1.54) is 12.0 Å².